The molecule has 0 spiro atoms. The number of aromatic hydroxyl groups is 1. The summed E-state index contributed by atoms with van der Waals surface area (Å²) in [5.41, 5.74) is 5.63. The number of nitrogens with one attached hydrogen (secondary N) is 1. The number of hydrogen-bond donors (Lipinski definition) is 3. The van der Waals surface area contributed by atoms with Crippen molar-refractivity contribution in [2.45, 2.75) is 25.5 Å². The van der Waals surface area contributed by atoms with E-state index in [1.54, 1.807) is 0 Å². The van der Waals surface area contributed by atoms with E-state index in [-0.39, 0.29) is 29.6 Å². The number of ether oxygens (including phenoxy) is 1. The lowest BCUT2D eigenvalue weighted by molar-refractivity contribution is -0.139. The number of carbonyl (C=O) groups is 2. The fourth-order valence-electron chi connectivity index (χ4n) is 4.36. The number of aliphatic carboxylic acids is 1. The number of hydrogen-bond acceptors (Lipinski definition) is 7. The summed E-state index contributed by atoms with van der Waals surface area (Å²) in [5.74, 6) is -1.51. The number of carbonyl (C=O) groups excluding carboxylic acids is 1. The Morgan fingerprint density at radius 3 is 2.44 bits per heavy atom. The molecule has 10 heteroatoms. The largest absolute Gasteiger partial charge is 0.508 e. The minimum atomic E-state index is -3.80. The number of alkyl carbamates (subject to hydrolysis) is 1. The molecule has 9 nitrogen and oxygen atoms in total. The molecular formula is C26H26NO8P. The first-order valence-electron chi connectivity index (χ1n) is 11.1. The minimum absolute atomic E-state index is 0.00771. The van der Waals surface area contributed by atoms with Crippen LogP contribution in [0.25, 0.3) is 11.1 Å². The normalized spacial score (nSPS) is 12.9. The van der Waals surface area contributed by atoms with Crippen molar-refractivity contribution in [2.24, 2.45) is 0 Å². The molecule has 0 aromatic heterocycles. The highest BCUT2D eigenvalue weighted by Gasteiger charge is 2.31. The van der Waals surface area contributed by atoms with Gasteiger partial charge < -0.3 is 29.3 Å². The zero-order valence-electron chi connectivity index (χ0n) is 19.8. The second kappa shape index (κ2) is 10.5. The summed E-state index contributed by atoms with van der Waals surface area (Å²) in [7, 11) is -1.44. The molecule has 0 unspecified atom stereocenters. The van der Waals surface area contributed by atoms with Crippen molar-refractivity contribution in [3.8, 4) is 16.9 Å². The molecule has 0 aliphatic heterocycles. The molecule has 4 rings (SSSR count). The molecular weight excluding hydrogens is 485 g/mol. The van der Waals surface area contributed by atoms with Gasteiger partial charge in [-0.15, -0.1) is 0 Å². The molecule has 0 saturated heterocycles. The summed E-state index contributed by atoms with van der Waals surface area (Å²) >= 11 is 0. The Bertz CT molecular complexity index is 1350. The van der Waals surface area contributed by atoms with Crippen LogP contribution in [0.5, 0.6) is 5.75 Å². The molecule has 1 aliphatic rings. The third-order valence-corrected chi connectivity index (χ3v) is 8.13. The molecule has 3 aromatic carbocycles. The Morgan fingerprint density at radius 2 is 1.72 bits per heavy atom. The lowest BCUT2D eigenvalue weighted by Gasteiger charge is -2.20. The third kappa shape index (κ3) is 5.14. The van der Waals surface area contributed by atoms with Crippen molar-refractivity contribution in [1.29, 1.82) is 0 Å². The van der Waals surface area contributed by atoms with E-state index >= 15 is 0 Å². The lowest BCUT2D eigenvalue weighted by atomic mass is 10.0. The van der Waals surface area contributed by atoms with Crippen molar-refractivity contribution in [3.63, 3.8) is 0 Å². The predicted molar refractivity (Wildman–Crippen MR) is 132 cm³/mol. The Kier molecular flexibility index (Phi) is 7.45. The van der Waals surface area contributed by atoms with Gasteiger partial charge in [-0.2, -0.15) is 0 Å². The minimum Gasteiger partial charge on any atom is -0.508 e. The van der Waals surface area contributed by atoms with Crippen molar-refractivity contribution in [1.82, 2.24) is 5.32 Å². The molecule has 188 valence electrons. The Morgan fingerprint density at radius 1 is 1.00 bits per heavy atom. The van der Waals surface area contributed by atoms with Gasteiger partial charge in [0.05, 0.1) is 5.30 Å². The van der Waals surface area contributed by atoms with Crippen LogP contribution in [-0.2, 0) is 42.6 Å². The standard InChI is InChI=1S/C26H26NO8P/c1-33-36(32,34-2)24-14-19(28)11-10-17(24)13-23(25(29)30)27-26(31)35-15-18-7-5-9-21-20-8-4-3-6-16(20)12-22(18)21/h3-11,14,23,28H,12-13,15H2,1-2H3,(H,27,31)(H,29,30)/t23-/m0/s1. The highest BCUT2D eigenvalue weighted by Crippen LogP contribution is 2.46. The molecule has 0 saturated carbocycles. The maximum atomic E-state index is 12.9. The number of rotatable bonds is 9. The number of carboxylic acid groups (broad SMARTS) is 1. The van der Waals surface area contributed by atoms with Crippen LogP contribution < -0.4 is 10.6 Å². The topological polar surface area (TPSA) is 131 Å². The van der Waals surface area contributed by atoms with Crippen LogP contribution in [0.15, 0.2) is 60.7 Å². The molecule has 1 aliphatic carbocycles. The molecule has 1 atom stereocenters. The van der Waals surface area contributed by atoms with E-state index in [0.29, 0.717) is 0 Å². The van der Waals surface area contributed by atoms with E-state index in [1.165, 1.54) is 38.0 Å². The molecule has 0 fully saturated rings. The fourth-order valence-corrected chi connectivity index (χ4v) is 5.71. The van der Waals surface area contributed by atoms with E-state index in [9.17, 15) is 24.4 Å². The molecule has 36 heavy (non-hydrogen) atoms. The van der Waals surface area contributed by atoms with Gasteiger partial charge in [-0.05, 0) is 51.9 Å². The zero-order chi connectivity index (χ0) is 25.9. The number of phenolic OH excluding ortho intramolecular Hbond substituents is 1. The summed E-state index contributed by atoms with van der Waals surface area (Å²) in [4.78, 5) is 24.5. The van der Waals surface area contributed by atoms with Crippen LogP contribution in [0.3, 0.4) is 0 Å². The van der Waals surface area contributed by atoms with Crippen LogP contribution in [-0.4, -0.2) is 42.5 Å². The predicted octanol–water partition coefficient (Wildman–Crippen LogP) is 4.00. The van der Waals surface area contributed by atoms with E-state index in [2.05, 4.69) is 17.4 Å². The average molecular weight is 511 g/mol. The Hall–Kier alpha value is -3.65. The first-order valence-corrected chi connectivity index (χ1v) is 12.7. The number of phenols is 1. The van der Waals surface area contributed by atoms with Gasteiger partial charge in [0.1, 0.15) is 18.4 Å². The second-order valence-corrected chi connectivity index (χ2v) is 10.5. The third-order valence-electron chi connectivity index (χ3n) is 6.17. The zero-order valence-corrected chi connectivity index (χ0v) is 20.7. The van der Waals surface area contributed by atoms with Gasteiger partial charge in [0.15, 0.2) is 0 Å². The monoisotopic (exact) mass is 511 g/mol. The van der Waals surface area contributed by atoms with Crippen molar-refractivity contribution in [2.75, 3.05) is 14.2 Å². The number of amides is 1. The SMILES string of the molecule is COP(=O)(OC)c1cc(O)ccc1C[C@H](NC(=O)OCc1cccc2c1Cc1ccccc1-2)C(=O)O. The summed E-state index contributed by atoms with van der Waals surface area (Å²) in [6.07, 6.45) is -0.419. The summed E-state index contributed by atoms with van der Waals surface area (Å²) < 4.78 is 28.3. The number of fused-ring (bicyclic) bond motifs is 3. The fraction of sp³-hybridized carbons (Fsp3) is 0.231. The molecule has 0 radical (unpaired) electrons. The van der Waals surface area contributed by atoms with Gasteiger partial charge in [0.25, 0.3) is 0 Å². The van der Waals surface area contributed by atoms with Gasteiger partial charge in [-0.25, -0.2) is 9.59 Å². The molecule has 3 N–H and O–H groups in total. The quantitative estimate of drug-likeness (QED) is 0.288. The van der Waals surface area contributed by atoms with Crippen LogP contribution in [0.2, 0.25) is 0 Å². The molecule has 3 aromatic rings. The highest BCUT2D eigenvalue weighted by molar-refractivity contribution is 7.62. The molecule has 0 heterocycles. The van der Waals surface area contributed by atoms with Gasteiger partial charge in [-0.1, -0.05) is 48.5 Å². The van der Waals surface area contributed by atoms with Gasteiger partial charge in [0.2, 0.25) is 0 Å². The first kappa shape index (κ1) is 25.4. The maximum Gasteiger partial charge on any atom is 0.408 e. The highest BCUT2D eigenvalue weighted by atomic mass is 31.2. The Balaban J connectivity index is 1.47. The van der Waals surface area contributed by atoms with Crippen LogP contribution in [0.1, 0.15) is 22.3 Å². The van der Waals surface area contributed by atoms with Crippen LogP contribution in [0.4, 0.5) is 4.79 Å². The average Bonchev–Trinajstić information content (AvgIpc) is 3.26. The van der Waals surface area contributed by atoms with Crippen molar-refractivity contribution < 1.29 is 38.2 Å². The van der Waals surface area contributed by atoms with Gasteiger partial charge >= 0.3 is 19.7 Å². The lowest BCUT2D eigenvalue weighted by Crippen LogP contribution is -2.43. The van der Waals surface area contributed by atoms with Crippen molar-refractivity contribution in [3.05, 3.63) is 82.9 Å². The van der Waals surface area contributed by atoms with E-state index in [4.69, 9.17) is 13.8 Å². The van der Waals surface area contributed by atoms with Gasteiger partial charge in [0, 0.05) is 20.6 Å². The van der Waals surface area contributed by atoms with Crippen molar-refractivity contribution >= 4 is 25.0 Å². The molecule has 1 amide bonds. The summed E-state index contributed by atoms with van der Waals surface area (Å²) in [5, 5.41) is 21.9. The van der Waals surface area contributed by atoms with E-state index in [1.807, 2.05) is 30.3 Å². The smallest absolute Gasteiger partial charge is 0.408 e. The molecule has 0 bridgehead atoms. The first-order chi connectivity index (χ1) is 17.3. The number of carboxylic acids is 1. The second-order valence-electron chi connectivity index (χ2n) is 8.27. The summed E-state index contributed by atoms with van der Waals surface area (Å²) in [6, 6.07) is 16.4. The number of benzene rings is 3. The van der Waals surface area contributed by atoms with Crippen LogP contribution >= 0.6 is 7.60 Å². The van der Waals surface area contributed by atoms with Crippen LogP contribution in [0, 0.1) is 0 Å². The van der Waals surface area contributed by atoms with E-state index in [0.717, 1.165) is 28.7 Å². The van der Waals surface area contributed by atoms with E-state index < -0.39 is 25.7 Å². The maximum absolute atomic E-state index is 12.9. The summed E-state index contributed by atoms with van der Waals surface area (Å²) in [6.45, 7) is -0.0255. The van der Waals surface area contributed by atoms with Gasteiger partial charge in [-0.3, -0.25) is 4.57 Å². The Labute approximate surface area is 208 Å².